The lowest BCUT2D eigenvalue weighted by Crippen LogP contribution is -1.99. The highest BCUT2D eigenvalue weighted by Crippen LogP contribution is 2.36. The second kappa shape index (κ2) is 9.86. The average Bonchev–Trinajstić information content (AvgIpc) is 2.74. The number of benzene rings is 2. The molecular formula is C20H17Cl2N3O4. The number of carboxylic acids is 1. The van der Waals surface area contributed by atoms with Crippen LogP contribution in [-0.2, 0) is 0 Å². The summed E-state index contributed by atoms with van der Waals surface area (Å²) in [6.07, 6.45) is 3.09. The number of hydrogen-bond acceptors (Lipinski definition) is 6. The summed E-state index contributed by atoms with van der Waals surface area (Å²) in [5.74, 6) is -1.26. The third-order valence-electron chi connectivity index (χ3n) is 3.59. The first-order valence-electron chi connectivity index (χ1n) is 8.47. The van der Waals surface area contributed by atoms with E-state index in [4.69, 9.17) is 28.3 Å². The van der Waals surface area contributed by atoms with E-state index in [1.54, 1.807) is 18.3 Å². The van der Waals surface area contributed by atoms with E-state index < -0.39 is 5.97 Å². The molecule has 7 nitrogen and oxygen atoms in total. The third-order valence-corrected chi connectivity index (χ3v) is 4.19. The Morgan fingerprint density at radius 1 is 1.00 bits per heavy atom. The van der Waals surface area contributed by atoms with Crippen LogP contribution in [0.4, 0.5) is 0 Å². The number of phenolic OH excluding ortho intramolecular Hbond substituents is 2. The van der Waals surface area contributed by atoms with Crippen LogP contribution in [0, 0.1) is 0 Å². The molecule has 2 aromatic heterocycles. The number of aromatic hydroxyl groups is 2. The van der Waals surface area contributed by atoms with Gasteiger partial charge in [0.25, 0.3) is 0 Å². The van der Waals surface area contributed by atoms with Gasteiger partial charge in [0, 0.05) is 17.0 Å². The molecule has 0 aliphatic carbocycles. The maximum Gasteiger partial charge on any atom is 0.354 e. The topological polar surface area (TPSA) is 116 Å². The van der Waals surface area contributed by atoms with Gasteiger partial charge in [-0.05, 0) is 24.3 Å². The lowest BCUT2D eigenvalue weighted by atomic mass is 10.2. The maximum atomic E-state index is 10.7. The van der Waals surface area contributed by atoms with Crippen LogP contribution >= 0.6 is 23.2 Å². The number of hydrogen-bond donors (Lipinski definition) is 3. The number of nitrogens with zero attached hydrogens (tertiary/aromatic N) is 3. The third kappa shape index (κ3) is 5.01. The summed E-state index contributed by atoms with van der Waals surface area (Å²) in [6.45, 7) is 4.00. The van der Waals surface area contributed by atoms with Gasteiger partial charge in [0.2, 0.25) is 0 Å². The van der Waals surface area contributed by atoms with Crippen LogP contribution in [0.25, 0.3) is 21.8 Å². The molecule has 0 bridgehead atoms. The summed E-state index contributed by atoms with van der Waals surface area (Å²) < 4.78 is 0. The van der Waals surface area contributed by atoms with Gasteiger partial charge < -0.3 is 15.3 Å². The molecule has 0 amide bonds. The van der Waals surface area contributed by atoms with Crippen molar-refractivity contribution in [2.24, 2.45) is 0 Å². The smallest absolute Gasteiger partial charge is 0.354 e. The van der Waals surface area contributed by atoms with E-state index in [0.717, 1.165) is 5.39 Å². The monoisotopic (exact) mass is 433 g/mol. The van der Waals surface area contributed by atoms with Crippen molar-refractivity contribution < 1.29 is 20.1 Å². The van der Waals surface area contributed by atoms with E-state index in [1.165, 1.54) is 24.5 Å². The number of carbonyl (C=O) groups is 1. The summed E-state index contributed by atoms with van der Waals surface area (Å²) in [7, 11) is 0. The molecule has 4 aromatic rings. The number of carboxylic acid groups (broad SMARTS) is 1. The number of para-hydroxylation sites is 1. The molecule has 2 aromatic carbocycles. The van der Waals surface area contributed by atoms with Crippen molar-refractivity contribution in [1.82, 2.24) is 15.0 Å². The molecule has 0 spiro atoms. The number of halogens is 2. The van der Waals surface area contributed by atoms with Crippen LogP contribution in [0.15, 0.2) is 48.9 Å². The SMILES string of the molecule is CC.O=C(O)c1ccc2c(Cl)cc(Cl)c(O)c2n1.Oc1cccc2cncnc12. The highest BCUT2D eigenvalue weighted by atomic mass is 35.5. The molecule has 0 radical (unpaired) electrons. The lowest BCUT2D eigenvalue weighted by Gasteiger charge is -2.05. The second-order valence-electron chi connectivity index (χ2n) is 5.32. The molecule has 0 aliphatic rings. The van der Waals surface area contributed by atoms with Gasteiger partial charge >= 0.3 is 5.97 Å². The molecule has 0 aliphatic heterocycles. The van der Waals surface area contributed by atoms with Gasteiger partial charge in [-0.2, -0.15) is 0 Å². The number of phenols is 2. The fraction of sp³-hybridized carbons (Fsp3) is 0.100. The molecule has 0 unspecified atom stereocenters. The van der Waals surface area contributed by atoms with Gasteiger partial charge in [-0.15, -0.1) is 0 Å². The summed E-state index contributed by atoms with van der Waals surface area (Å²) in [5, 5.41) is 29.3. The Hall–Kier alpha value is -3.16. The lowest BCUT2D eigenvalue weighted by molar-refractivity contribution is 0.0691. The van der Waals surface area contributed by atoms with Crippen molar-refractivity contribution >= 4 is 51.0 Å². The highest BCUT2D eigenvalue weighted by Gasteiger charge is 2.13. The molecule has 0 atom stereocenters. The largest absolute Gasteiger partial charge is 0.506 e. The Labute approximate surface area is 176 Å². The second-order valence-corrected chi connectivity index (χ2v) is 6.14. The molecular weight excluding hydrogens is 417 g/mol. The summed E-state index contributed by atoms with van der Waals surface area (Å²) in [4.78, 5) is 22.2. The summed E-state index contributed by atoms with van der Waals surface area (Å²) in [5.41, 5.74) is 0.501. The van der Waals surface area contributed by atoms with Crippen molar-refractivity contribution in [2.45, 2.75) is 13.8 Å². The van der Waals surface area contributed by atoms with Crippen LogP contribution in [0.3, 0.4) is 0 Å². The molecule has 150 valence electrons. The first-order valence-corrected chi connectivity index (χ1v) is 9.22. The van der Waals surface area contributed by atoms with Gasteiger partial charge in [0.1, 0.15) is 28.8 Å². The molecule has 0 saturated carbocycles. The van der Waals surface area contributed by atoms with E-state index in [2.05, 4.69) is 15.0 Å². The molecule has 0 fully saturated rings. The zero-order valence-corrected chi connectivity index (χ0v) is 17.0. The number of pyridine rings is 1. The van der Waals surface area contributed by atoms with Gasteiger partial charge in [0.15, 0.2) is 5.75 Å². The van der Waals surface area contributed by atoms with E-state index in [0.29, 0.717) is 15.9 Å². The van der Waals surface area contributed by atoms with E-state index in [9.17, 15) is 15.0 Å². The van der Waals surface area contributed by atoms with Crippen molar-refractivity contribution in [1.29, 1.82) is 0 Å². The molecule has 0 saturated heterocycles. The first-order chi connectivity index (χ1) is 13.9. The Morgan fingerprint density at radius 3 is 2.38 bits per heavy atom. The molecule has 29 heavy (non-hydrogen) atoms. The van der Waals surface area contributed by atoms with Crippen LogP contribution < -0.4 is 0 Å². The molecule has 4 rings (SSSR count). The van der Waals surface area contributed by atoms with Crippen molar-refractivity contribution in [2.75, 3.05) is 0 Å². The summed E-state index contributed by atoms with van der Waals surface area (Å²) >= 11 is 11.6. The van der Waals surface area contributed by atoms with Crippen molar-refractivity contribution in [3.63, 3.8) is 0 Å². The van der Waals surface area contributed by atoms with Gasteiger partial charge in [-0.1, -0.05) is 49.2 Å². The van der Waals surface area contributed by atoms with Gasteiger partial charge in [-0.3, -0.25) is 0 Å². The van der Waals surface area contributed by atoms with Gasteiger partial charge in [0.05, 0.1) is 10.0 Å². The quantitative estimate of drug-likeness (QED) is 0.372. The molecule has 9 heteroatoms. The fourth-order valence-corrected chi connectivity index (χ4v) is 2.84. The number of fused-ring (bicyclic) bond motifs is 2. The van der Waals surface area contributed by atoms with Crippen LogP contribution in [0.2, 0.25) is 10.0 Å². The minimum absolute atomic E-state index is 0.0348. The zero-order chi connectivity index (χ0) is 21.6. The van der Waals surface area contributed by atoms with Crippen molar-refractivity contribution in [3.8, 4) is 11.5 Å². The number of aromatic carboxylic acids is 1. The molecule has 3 N–H and O–H groups in total. The van der Waals surface area contributed by atoms with Crippen LogP contribution in [0.5, 0.6) is 11.5 Å². The Balaban J connectivity index is 0.000000201. The van der Waals surface area contributed by atoms with Crippen molar-refractivity contribution in [3.05, 3.63) is 64.7 Å². The summed E-state index contributed by atoms with van der Waals surface area (Å²) in [6, 6.07) is 9.39. The first kappa shape index (κ1) is 22.1. The molecule has 2 heterocycles. The normalized spacial score (nSPS) is 9.93. The highest BCUT2D eigenvalue weighted by molar-refractivity contribution is 6.39. The Bertz CT molecular complexity index is 1160. The van der Waals surface area contributed by atoms with E-state index in [1.807, 2.05) is 19.9 Å². The number of rotatable bonds is 1. The minimum Gasteiger partial charge on any atom is -0.506 e. The van der Waals surface area contributed by atoms with Crippen LogP contribution in [0.1, 0.15) is 24.3 Å². The van der Waals surface area contributed by atoms with Crippen LogP contribution in [-0.4, -0.2) is 36.2 Å². The van der Waals surface area contributed by atoms with E-state index >= 15 is 0 Å². The van der Waals surface area contributed by atoms with E-state index in [-0.39, 0.29) is 27.7 Å². The fourth-order valence-electron chi connectivity index (χ4n) is 2.32. The standard InChI is InChI=1S/C10H5Cl2NO3.C8H6N2O.C2H6/c11-5-3-6(12)9(14)8-4(5)1-2-7(13-8)10(15)16;11-7-3-1-2-6-4-9-5-10-8(6)7;1-2/h1-3,14H,(H,15,16);1-5,11H;1-2H3. The predicted molar refractivity (Wildman–Crippen MR) is 113 cm³/mol. The zero-order valence-electron chi connectivity index (χ0n) is 15.5. The number of aromatic nitrogens is 3. The average molecular weight is 434 g/mol. The Kier molecular flexibility index (Phi) is 7.52. The minimum atomic E-state index is -1.18. The maximum absolute atomic E-state index is 10.7. The predicted octanol–water partition coefficient (Wildman–Crippen LogP) is 5.31. The van der Waals surface area contributed by atoms with Gasteiger partial charge in [-0.25, -0.2) is 19.7 Å². The Morgan fingerprint density at radius 2 is 1.72 bits per heavy atom.